The number of nitrogens with zero attached hydrogens (tertiary/aromatic N) is 4. The van der Waals surface area contributed by atoms with E-state index >= 15 is 0 Å². The Kier molecular flexibility index (Phi) is 4.86. The van der Waals surface area contributed by atoms with Gasteiger partial charge in [-0.15, -0.1) is 0 Å². The topological polar surface area (TPSA) is 90.5 Å². The standard InChI is InChI=1S/C25H25N5O3/c31-15-16-4-6-18(7-5-16)30-14-17-11-20(22(12-21(17)28-30)33-19-8-9-19)25(32)27-24-13-26-23-3-1-2-10-29(23)24/h1-3,10-16,18-19H,4-9H2,(H,27,32). The molecule has 0 bridgehead atoms. The summed E-state index contributed by atoms with van der Waals surface area (Å²) < 4.78 is 9.94. The molecule has 8 nitrogen and oxygen atoms in total. The third kappa shape index (κ3) is 3.86. The first-order valence-electron chi connectivity index (χ1n) is 11.6. The summed E-state index contributed by atoms with van der Waals surface area (Å²) >= 11 is 0. The van der Waals surface area contributed by atoms with E-state index in [1.165, 1.54) is 0 Å². The Labute approximate surface area is 190 Å². The summed E-state index contributed by atoms with van der Waals surface area (Å²) in [5, 5.41) is 8.68. The number of hydrogen-bond donors (Lipinski definition) is 1. The molecule has 0 spiro atoms. The minimum atomic E-state index is -0.238. The summed E-state index contributed by atoms with van der Waals surface area (Å²) in [4.78, 5) is 28.7. The van der Waals surface area contributed by atoms with E-state index in [9.17, 15) is 9.59 Å². The van der Waals surface area contributed by atoms with Crippen LogP contribution in [0.4, 0.5) is 5.82 Å². The van der Waals surface area contributed by atoms with Gasteiger partial charge in [-0.2, -0.15) is 5.10 Å². The van der Waals surface area contributed by atoms with E-state index < -0.39 is 0 Å². The van der Waals surface area contributed by atoms with Crippen molar-refractivity contribution < 1.29 is 14.3 Å². The summed E-state index contributed by atoms with van der Waals surface area (Å²) in [6, 6.07) is 9.72. The number of hydrogen-bond acceptors (Lipinski definition) is 5. The molecule has 3 heterocycles. The van der Waals surface area contributed by atoms with Crippen LogP contribution in [0.3, 0.4) is 0 Å². The van der Waals surface area contributed by atoms with Crippen LogP contribution in [0.5, 0.6) is 5.75 Å². The van der Waals surface area contributed by atoms with Crippen LogP contribution in [0.2, 0.25) is 0 Å². The van der Waals surface area contributed by atoms with Crippen molar-refractivity contribution in [3.63, 3.8) is 0 Å². The summed E-state index contributed by atoms with van der Waals surface area (Å²) in [6.07, 6.45) is 12.4. The van der Waals surface area contributed by atoms with Gasteiger partial charge in [-0.05, 0) is 56.7 Å². The SMILES string of the molecule is O=CC1CCC(n2cc3cc(C(=O)Nc4cnc5ccccn45)c(OC4CC4)cc3n2)CC1. The number of fused-ring (bicyclic) bond motifs is 2. The Morgan fingerprint density at radius 2 is 1.97 bits per heavy atom. The number of amides is 1. The molecule has 0 unspecified atom stereocenters. The number of aldehydes is 1. The molecule has 1 N–H and O–H groups in total. The number of nitrogens with one attached hydrogen (secondary N) is 1. The van der Waals surface area contributed by atoms with Crippen molar-refractivity contribution in [1.82, 2.24) is 19.2 Å². The van der Waals surface area contributed by atoms with Crippen molar-refractivity contribution >= 4 is 34.6 Å². The summed E-state index contributed by atoms with van der Waals surface area (Å²) in [5.41, 5.74) is 2.07. The van der Waals surface area contributed by atoms with Gasteiger partial charge in [0.15, 0.2) is 0 Å². The fraction of sp³-hybridized carbons (Fsp3) is 0.360. The lowest BCUT2D eigenvalue weighted by Crippen LogP contribution is -2.19. The lowest BCUT2D eigenvalue weighted by atomic mass is 9.87. The molecular formula is C25H25N5O3. The zero-order valence-electron chi connectivity index (χ0n) is 18.2. The number of carbonyl (C=O) groups is 2. The highest BCUT2D eigenvalue weighted by Gasteiger charge is 2.28. The highest BCUT2D eigenvalue weighted by atomic mass is 16.5. The van der Waals surface area contributed by atoms with Gasteiger partial charge in [-0.25, -0.2) is 4.98 Å². The molecule has 168 valence electrons. The summed E-state index contributed by atoms with van der Waals surface area (Å²) in [6.45, 7) is 0. The number of anilines is 1. The van der Waals surface area contributed by atoms with E-state index in [1.54, 1.807) is 6.20 Å². The van der Waals surface area contributed by atoms with Crippen molar-refractivity contribution in [2.75, 3.05) is 5.32 Å². The van der Waals surface area contributed by atoms with Crippen molar-refractivity contribution in [2.24, 2.45) is 5.92 Å². The predicted molar refractivity (Wildman–Crippen MR) is 124 cm³/mol. The monoisotopic (exact) mass is 443 g/mol. The Morgan fingerprint density at radius 1 is 1.12 bits per heavy atom. The van der Waals surface area contributed by atoms with Gasteiger partial charge < -0.3 is 14.8 Å². The minimum Gasteiger partial charge on any atom is -0.490 e. The molecule has 2 saturated carbocycles. The second-order valence-corrected chi connectivity index (χ2v) is 9.06. The number of aromatic nitrogens is 4. The van der Waals surface area contributed by atoms with E-state index in [2.05, 4.69) is 10.3 Å². The first kappa shape index (κ1) is 20.0. The minimum absolute atomic E-state index is 0.158. The molecule has 2 aliphatic rings. The first-order chi connectivity index (χ1) is 16.2. The van der Waals surface area contributed by atoms with Crippen molar-refractivity contribution in [1.29, 1.82) is 0 Å². The van der Waals surface area contributed by atoms with Crippen LogP contribution in [-0.4, -0.2) is 37.5 Å². The zero-order valence-corrected chi connectivity index (χ0v) is 18.2. The maximum absolute atomic E-state index is 13.3. The third-order valence-electron chi connectivity index (χ3n) is 6.65. The average Bonchev–Trinajstić information content (AvgIpc) is 3.42. The number of pyridine rings is 1. The largest absolute Gasteiger partial charge is 0.490 e. The normalized spacial score (nSPS) is 20.7. The van der Waals surface area contributed by atoms with Crippen molar-refractivity contribution in [3.8, 4) is 5.75 Å². The van der Waals surface area contributed by atoms with Crippen LogP contribution < -0.4 is 10.1 Å². The maximum Gasteiger partial charge on any atom is 0.260 e. The van der Waals surface area contributed by atoms with E-state index in [1.807, 2.05) is 51.8 Å². The second kappa shape index (κ2) is 8.03. The van der Waals surface area contributed by atoms with Gasteiger partial charge in [0.2, 0.25) is 0 Å². The Bertz CT molecular complexity index is 1340. The lowest BCUT2D eigenvalue weighted by molar-refractivity contribution is -0.112. The van der Waals surface area contributed by atoms with Crippen LogP contribution in [0.1, 0.15) is 54.9 Å². The number of imidazole rings is 1. The number of benzene rings is 1. The lowest BCUT2D eigenvalue weighted by Gasteiger charge is -2.25. The van der Waals surface area contributed by atoms with Gasteiger partial charge >= 0.3 is 0 Å². The molecule has 2 aliphatic carbocycles. The van der Waals surface area contributed by atoms with Gasteiger partial charge in [0.1, 0.15) is 23.5 Å². The fourth-order valence-corrected chi connectivity index (χ4v) is 4.61. The van der Waals surface area contributed by atoms with Gasteiger partial charge in [0, 0.05) is 29.8 Å². The van der Waals surface area contributed by atoms with E-state index in [0.717, 1.165) is 61.4 Å². The number of rotatable bonds is 6. The van der Waals surface area contributed by atoms with Crippen LogP contribution in [0.15, 0.2) is 48.9 Å². The Hall–Kier alpha value is -3.68. The maximum atomic E-state index is 13.3. The van der Waals surface area contributed by atoms with Gasteiger partial charge in [0.05, 0.1) is 29.4 Å². The Morgan fingerprint density at radius 3 is 2.76 bits per heavy atom. The molecule has 0 radical (unpaired) electrons. The molecule has 0 aliphatic heterocycles. The summed E-state index contributed by atoms with van der Waals surface area (Å²) in [5.74, 6) is 1.10. The third-order valence-corrected chi connectivity index (χ3v) is 6.65. The van der Waals surface area contributed by atoms with Crippen LogP contribution >= 0.6 is 0 Å². The quantitative estimate of drug-likeness (QED) is 0.446. The molecule has 4 aromatic rings. The van der Waals surface area contributed by atoms with Gasteiger partial charge in [-0.1, -0.05) is 6.07 Å². The fourth-order valence-electron chi connectivity index (χ4n) is 4.61. The average molecular weight is 444 g/mol. The van der Waals surface area contributed by atoms with Crippen molar-refractivity contribution in [2.45, 2.75) is 50.7 Å². The first-order valence-corrected chi connectivity index (χ1v) is 11.6. The number of ether oxygens (including phenoxy) is 1. The highest BCUT2D eigenvalue weighted by molar-refractivity contribution is 6.08. The van der Waals surface area contributed by atoms with Crippen molar-refractivity contribution in [3.05, 3.63) is 54.5 Å². The Balaban J connectivity index is 1.32. The van der Waals surface area contributed by atoms with Crippen LogP contribution in [-0.2, 0) is 4.79 Å². The highest BCUT2D eigenvalue weighted by Crippen LogP contribution is 2.35. The molecule has 1 aromatic carbocycles. The van der Waals surface area contributed by atoms with E-state index in [-0.39, 0.29) is 24.0 Å². The van der Waals surface area contributed by atoms with Crippen LogP contribution in [0.25, 0.3) is 16.6 Å². The molecule has 1 amide bonds. The molecule has 0 saturated heterocycles. The zero-order chi connectivity index (χ0) is 22.4. The van der Waals surface area contributed by atoms with Crippen LogP contribution in [0, 0.1) is 5.92 Å². The molecule has 33 heavy (non-hydrogen) atoms. The summed E-state index contributed by atoms with van der Waals surface area (Å²) in [7, 11) is 0. The van der Waals surface area contributed by atoms with Gasteiger partial charge in [0.25, 0.3) is 5.91 Å². The molecule has 6 rings (SSSR count). The van der Waals surface area contributed by atoms with E-state index in [0.29, 0.717) is 17.1 Å². The molecule has 3 aromatic heterocycles. The van der Waals surface area contributed by atoms with E-state index in [4.69, 9.17) is 9.84 Å². The predicted octanol–water partition coefficient (Wildman–Crippen LogP) is 4.41. The van der Waals surface area contributed by atoms with Gasteiger partial charge in [-0.3, -0.25) is 13.9 Å². The molecule has 2 fully saturated rings. The smallest absolute Gasteiger partial charge is 0.260 e. The number of carbonyl (C=O) groups excluding carboxylic acids is 2. The second-order valence-electron chi connectivity index (χ2n) is 9.06. The molecular weight excluding hydrogens is 418 g/mol. The molecule has 0 atom stereocenters. The molecule has 8 heteroatoms.